The smallest absolute Gasteiger partial charge is 0.417 e. The van der Waals surface area contributed by atoms with Crippen LogP contribution in [0.25, 0.3) is 0 Å². The summed E-state index contributed by atoms with van der Waals surface area (Å²) < 4.78 is 12.5. The van der Waals surface area contributed by atoms with Gasteiger partial charge in [-0.3, -0.25) is 0 Å². The van der Waals surface area contributed by atoms with E-state index in [0.717, 1.165) is 0 Å². The predicted octanol–water partition coefficient (Wildman–Crippen LogP) is 2.49. The number of nitrogens with one attached hydrogen (secondary N) is 1. The Morgan fingerprint density at radius 2 is 2.50 bits per heavy atom. The quantitative estimate of drug-likeness (QED) is 0.573. The molecule has 1 unspecified atom stereocenters. The molecule has 1 aromatic heterocycles. The summed E-state index contributed by atoms with van der Waals surface area (Å²) in [7, 11) is -0.991. The van der Waals surface area contributed by atoms with Gasteiger partial charge in [0, 0.05) is 0 Å². The van der Waals surface area contributed by atoms with E-state index in [9.17, 15) is 4.79 Å². The molecule has 1 heterocycles. The molecule has 0 aliphatic carbocycles. The fraction of sp³-hybridized carbons (Fsp3) is 0.286. The minimum atomic E-state index is -0.991. The van der Waals surface area contributed by atoms with Crippen molar-refractivity contribution >= 4 is 16.3 Å². The van der Waals surface area contributed by atoms with Gasteiger partial charge in [0.15, 0.2) is 6.26 Å². The van der Waals surface area contributed by atoms with Crippen molar-refractivity contribution in [1.29, 1.82) is 0 Å². The molecule has 0 bridgehead atoms. The van der Waals surface area contributed by atoms with E-state index in [-0.39, 0.29) is 5.30 Å². The van der Waals surface area contributed by atoms with Gasteiger partial charge in [-0.25, -0.2) is 3.85 Å². The maximum Gasteiger partial charge on any atom is 0.620 e. The minimum absolute atomic E-state index is 0.362. The molecule has 5 heteroatoms. The maximum atomic E-state index is 11.1. The first-order valence-corrected chi connectivity index (χ1v) is 4.65. The van der Waals surface area contributed by atoms with Gasteiger partial charge in [0.1, 0.15) is 0 Å². The molecule has 0 radical (unpaired) electrons. The second-order valence-corrected chi connectivity index (χ2v) is 3.15. The van der Waals surface area contributed by atoms with Gasteiger partial charge in [0.2, 0.25) is 0 Å². The molecule has 0 saturated carbocycles. The van der Waals surface area contributed by atoms with Crippen LogP contribution < -0.4 is 0 Å². The average molecular weight is 188 g/mol. The first-order chi connectivity index (χ1) is 5.84. The molecular weight excluding hydrogens is 178 g/mol. The van der Waals surface area contributed by atoms with Crippen molar-refractivity contribution < 1.29 is 13.4 Å². The standard InChI is InChI=1S/C7H10NO3S/c1-2-10-7(9)12-8-5-3-4-6-11-12/h3-6,8H,2H2,1H3/q+1. The lowest BCUT2D eigenvalue weighted by Crippen LogP contribution is -1.96. The van der Waals surface area contributed by atoms with Crippen molar-refractivity contribution in [1.82, 2.24) is 4.37 Å². The lowest BCUT2D eigenvalue weighted by molar-refractivity contribution is 0.179. The van der Waals surface area contributed by atoms with Gasteiger partial charge in [-0.15, -0.1) is 0 Å². The van der Waals surface area contributed by atoms with Gasteiger partial charge in [-0.05, 0) is 19.1 Å². The summed E-state index contributed by atoms with van der Waals surface area (Å²) >= 11 is 0. The summed E-state index contributed by atoms with van der Waals surface area (Å²) in [5.74, 6) is 0. The molecule has 1 atom stereocenters. The summed E-state index contributed by atoms with van der Waals surface area (Å²) in [5.41, 5.74) is 0. The zero-order valence-electron chi connectivity index (χ0n) is 6.65. The number of aromatic amines is 1. The molecule has 4 nitrogen and oxygen atoms in total. The Hall–Kier alpha value is -1.23. The van der Waals surface area contributed by atoms with E-state index in [1.165, 1.54) is 6.26 Å². The highest BCUT2D eigenvalue weighted by Crippen LogP contribution is 2.11. The third-order valence-corrected chi connectivity index (χ3v) is 2.10. The van der Waals surface area contributed by atoms with Crippen LogP contribution in [0.4, 0.5) is 4.79 Å². The molecule has 1 rings (SSSR count). The molecule has 0 aliphatic heterocycles. The van der Waals surface area contributed by atoms with Crippen LogP contribution in [-0.4, -0.2) is 16.3 Å². The van der Waals surface area contributed by atoms with Crippen LogP contribution in [0.2, 0.25) is 0 Å². The Labute approximate surface area is 72.8 Å². The summed E-state index contributed by atoms with van der Waals surface area (Å²) in [6, 6.07) is 3.44. The van der Waals surface area contributed by atoms with E-state index < -0.39 is 11.0 Å². The van der Waals surface area contributed by atoms with Crippen molar-refractivity contribution in [2.45, 2.75) is 6.92 Å². The number of rotatable bonds is 2. The number of H-pyrrole nitrogens is 1. The van der Waals surface area contributed by atoms with Crippen molar-refractivity contribution in [3.8, 4) is 0 Å². The van der Waals surface area contributed by atoms with E-state index in [1.807, 2.05) is 0 Å². The number of carbonyl (C=O) groups is 1. The summed E-state index contributed by atoms with van der Waals surface area (Å²) in [6.45, 7) is 2.12. The molecule has 0 saturated heterocycles. The molecule has 1 N–H and O–H groups in total. The first kappa shape index (κ1) is 8.86. The highest BCUT2D eigenvalue weighted by molar-refractivity contribution is 7.40. The molecule has 1 aromatic rings. The SMILES string of the molecule is CCOC(=O)[s+]1[nH]cccco1. The fourth-order valence-electron chi connectivity index (χ4n) is 0.576. The van der Waals surface area contributed by atoms with Crippen molar-refractivity contribution in [3.63, 3.8) is 0 Å². The largest absolute Gasteiger partial charge is 0.620 e. The van der Waals surface area contributed by atoms with Gasteiger partial charge in [-0.1, -0.05) is 0 Å². The third kappa shape index (κ3) is 2.43. The van der Waals surface area contributed by atoms with Crippen LogP contribution in [0, 0.1) is 0 Å². The van der Waals surface area contributed by atoms with Crippen LogP contribution in [0.3, 0.4) is 0 Å². The predicted molar refractivity (Wildman–Crippen MR) is 45.6 cm³/mol. The molecule has 0 fully saturated rings. The normalized spacial score (nSPS) is 10.6. The number of aromatic nitrogens is 1. The van der Waals surface area contributed by atoms with E-state index in [4.69, 9.17) is 8.59 Å². The molecule has 66 valence electrons. The van der Waals surface area contributed by atoms with Gasteiger partial charge in [0.25, 0.3) is 0 Å². The summed E-state index contributed by atoms with van der Waals surface area (Å²) in [4.78, 5) is 11.1. The fourth-order valence-corrected chi connectivity index (χ4v) is 1.41. The molecule has 0 aromatic carbocycles. The van der Waals surface area contributed by atoms with E-state index in [1.54, 1.807) is 25.3 Å². The van der Waals surface area contributed by atoms with Crippen molar-refractivity contribution in [3.05, 3.63) is 24.6 Å². The number of hydrogen-bond donors (Lipinski definition) is 1. The lowest BCUT2D eigenvalue weighted by atomic mass is 10.6. The Morgan fingerprint density at radius 3 is 3.25 bits per heavy atom. The second kappa shape index (κ2) is 4.61. The molecule has 0 aliphatic rings. The van der Waals surface area contributed by atoms with Crippen LogP contribution in [0.5, 0.6) is 0 Å². The topological polar surface area (TPSA) is 55.2 Å². The Kier molecular flexibility index (Phi) is 3.40. The van der Waals surface area contributed by atoms with E-state index in [0.29, 0.717) is 6.61 Å². The van der Waals surface area contributed by atoms with E-state index in [2.05, 4.69) is 4.37 Å². The zero-order valence-corrected chi connectivity index (χ0v) is 7.47. The Bertz CT molecular complexity index is 266. The number of hydrogen-bond acceptors (Lipinski definition) is 3. The average Bonchev–Trinajstić information content (AvgIpc) is 2.32. The minimum Gasteiger partial charge on any atom is -0.417 e. The molecule has 0 amide bonds. The summed E-state index contributed by atoms with van der Waals surface area (Å²) in [5, 5.41) is -0.381. The third-order valence-electron chi connectivity index (χ3n) is 1.03. The first-order valence-electron chi connectivity index (χ1n) is 3.50. The molecule has 0 spiro atoms. The van der Waals surface area contributed by atoms with Gasteiger partial charge >= 0.3 is 16.3 Å². The monoisotopic (exact) mass is 188 g/mol. The highest BCUT2D eigenvalue weighted by atomic mass is 32.2. The molecular formula is C7H10NO3S+. The zero-order chi connectivity index (χ0) is 8.81. The van der Waals surface area contributed by atoms with Crippen LogP contribution in [-0.2, 0) is 4.74 Å². The number of carbonyl (C=O) groups excluding carboxylic acids is 1. The van der Waals surface area contributed by atoms with Gasteiger partial charge < -0.3 is 4.74 Å². The lowest BCUT2D eigenvalue weighted by Gasteiger charge is -1.86. The van der Waals surface area contributed by atoms with Crippen molar-refractivity contribution in [2.24, 2.45) is 0 Å². The Balaban J connectivity index is 2.83. The van der Waals surface area contributed by atoms with Crippen LogP contribution in [0.1, 0.15) is 6.92 Å². The summed E-state index contributed by atoms with van der Waals surface area (Å²) in [6.07, 6.45) is 3.10. The van der Waals surface area contributed by atoms with Crippen molar-refractivity contribution in [2.75, 3.05) is 6.61 Å². The molecule has 12 heavy (non-hydrogen) atoms. The van der Waals surface area contributed by atoms with Gasteiger partial charge in [0.05, 0.1) is 12.8 Å². The number of ether oxygens (including phenoxy) is 1. The van der Waals surface area contributed by atoms with Crippen LogP contribution in [0.15, 0.2) is 28.4 Å². The van der Waals surface area contributed by atoms with Crippen LogP contribution >= 0.6 is 11.0 Å². The highest BCUT2D eigenvalue weighted by Gasteiger charge is 2.20. The van der Waals surface area contributed by atoms with E-state index >= 15 is 0 Å². The maximum absolute atomic E-state index is 11.1. The second-order valence-electron chi connectivity index (χ2n) is 1.85. The van der Waals surface area contributed by atoms with Gasteiger partial charge in [-0.2, -0.15) is 9.17 Å². The Morgan fingerprint density at radius 1 is 1.67 bits per heavy atom.